The Morgan fingerprint density at radius 1 is 1.27 bits per heavy atom. The minimum atomic E-state index is -0.327. The lowest BCUT2D eigenvalue weighted by atomic mass is 10.1. The number of hydrogen-bond acceptors (Lipinski definition) is 5. The van der Waals surface area contributed by atoms with Gasteiger partial charge in [0.1, 0.15) is 17.5 Å². The van der Waals surface area contributed by atoms with E-state index >= 15 is 0 Å². The molecule has 22 heavy (non-hydrogen) atoms. The molecule has 0 aliphatic carbocycles. The minimum Gasteiger partial charge on any atom is -0.382 e. The van der Waals surface area contributed by atoms with Crippen LogP contribution in [0, 0.1) is 11.3 Å². The molecule has 1 fully saturated rings. The van der Waals surface area contributed by atoms with Gasteiger partial charge in [0.2, 0.25) is 0 Å². The Hall–Kier alpha value is -2.65. The molecule has 6 nitrogen and oxygen atoms in total. The number of rotatable bonds is 3. The quantitative estimate of drug-likeness (QED) is 0.929. The van der Waals surface area contributed by atoms with E-state index < -0.39 is 0 Å². The third kappa shape index (κ3) is 2.71. The number of anilines is 1. The molecular weight excluding hydrogens is 278 g/mol. The number of likely N-dealkylation sites (tertiary alicyclic amines) is 1. The maximum atomic E-state index is 12.4. The third-order valence-corrected chi connectivity index (χ3v) is 3.93. The Morgan fingerprint density at radius 2 is 1.95 bits per heavy atom. The van der Waals surface area contributed by atoms with E-state index in [-0.39, 0.29) is 17.3 Å². The first-order valence-electron chi connectivity index (χ1n) is 7.28. The van der Waals surface area contributed by atoms with Crippen molar-refractivity contribution in [3.8, 4) is 6.07 Å². The highest BCUT2D eigenvalue weighted by Crippen LogP contribution is 2.15. The molecule has 1 aromatic heterocycles. The van der Waals surface area contributed by atoms with Crippen molar-refractivity contribution >= 4 is 11.7 Å². The van der Waals surface area contributed by atoms with E-state index in [9.17, 15) is 4.79 Å². The van der Waals surface area contributed by atoms with Gasteiger partial charge in [0, 0.05) is 12.1 Å². The molecule has 0 spiro atoms. The van der Waals surface area contributed by atoms with Crippen molar-refractivity contribution in [2.45, 2.75) is 19.4 Å². The molecule has 2 N–H and O–H groups in total. The first-order chi connectivity index (χ1) is 10.7. The second kappa shape index (κ2) is 6.00. The SMILES string of the molecule is N#Cc1cnn(C(=O)c2ccc(CN3CCCC3)cc2)c1N. The molecule has 6 heteroatoms. The number of nitrogens with zero attached hydrogens (tertiary/aromatic N) is 4. The summed E-state index contributed by atoms with van der Waals surface area (Å²) >= 11 is 0. The van der Waals surface area contributed by atoms with Gasteiger partial charge in [-0.05, 0) is 43.6 Å². The Kier molecular flexibility index (Phi) is 3.90. The first-order valence-corrected chi connectivity index (χ1v) is 7.28. The zero-order chi connectivity index (χ0) is 15.5. The van der Waals surface area contributed by atoms with E-state index in [2.05, 4.69) is 10.00 Å². The van der Waals surface area contributed by atoms with Gasteiger partial charge in [0.15, 0.2) is 0 Å². The maximum absolute atomic E-state index is 12.4. The molecule has 1 aromatic carbocycles. The Bertz CT molecular complexity index is 720. The van der Waals surface area contributed by atoms with E-state index in [0.29, 0.717) is 5.56 Å². The van der Waals surface area contributed by atoms with E-state index in [1.807, 2.05) is 18.2 Å². The number of nitriles is 1. The summed E-state index contributed by atoms with van der Waals surface area (Å²) in [5, 5.41) is 12.7. The summed E-state index contributed by atoms with van der Waals surface area (Å²) in [6.07, 6.45) is 3.82. The Labute approximate surface area is 128 Å². The molecule has 0 unspecified atom stereocenters. The summed E-state index contributed by atoms with van der Waals surface area (Å²) in [6.45, 7) is 3.19. The fourth-order valence-electron chi connectivity index (χ4n) is 2.68. The van der Waals surface area contributed by atoms with Crippen molar-refractivity contribution in [2.24, 2.45) is 0 Å². The van der Waals surface area contributed by atoms with Crippen molar-refractivity contribution in [1.29, 1.82) is 5.26 Å². The van der Waals surface area contributed by atoms with Crippen molar-refractivity contribution in [1.82, 2.24) is 14.7 Å². The molecule has 1 saturated heterocycles. The van der Waals surface area contributed by atoms with Crippen molar-refractivity contribution in [2.75, 3.05) is 18.8 Å². The lowest BCUT2D eigenvalue weighted by Crippen LogP contribution is -2.19. The van der Waals surface area contributed by atoms with Crippen molar-refractivity contribution in [3.63, 3.8) is 0 Å². The standard InChI is InChI=1S/C16H17N5O/c17-9-14-10-19-21(15(14)18)16(22)13-5-3-12(4-6-13)11-20-7-1-2-8-20/h3-6,10H,1-2,7-8,11,18H2. The third-order valence-electron chi connectivity index (χ3n) is 3.93. The van der Waals surface area contributed by atoms with Gasteiger partial charge in [-0.1, -0.05) is 12.1 Å². The van der Waals surface area contributed by atoms with Crippen LogP contribution in [0.5, 0.6) is 0 Å². The lowest BCUT2D eigenvalue weighted by molar-refractivity contribution is 0.0948. The van der Waals surface area contributed by atoms with Gasteiger partial charge in [-0.2, -0.15) is 15.0 Å². The fraction of sp³-hybridized carbons (Fsp3) is 0.312. The monoisotopic (exact) mass is 295 g/mol. The average Bonchev–Trinajstić information content (AvgIpc) is 3.17. The minimum absolute atomic E-state index is 0.0774. The number of nitrogen functional groups attached to an aromatic ring is 1. The van der Waals surface area contributed by atoms with Crippen LogP contribution in [0.2, 0.25) is 0 Å². The zero-order valence-corrected chi connectivity index (χ0v) is 12.2. The summed E-state index contributed by atoms with van der Waals surface area (Å²) in [6, 6.07) is 9.37. The van der Waals surface area contributed by atoms with E-state index in [1.165, 1.54) is 24.6 Å². The van der Waals surface area contributed by atoms with Crippen LogP contribution in [0.25, 0.3) is 0 Å². The normalized spacial score (nSPS) is 14.9. The number of hydrogen-bond donors (Lipinski definition) is 1. The van der Waals surface area contributed by atoms with Gasteiger partial charge in [0.05, 0.1) is 6.20 Å². The van der Waals surface area contributed by atoms with Crippen LogP contribution in [-0.2, 0) is 6.54 Å². The summed E-state index contributed by atoms with van der Waals surface area (Å²) in [5.41, 5.74) is 7.64. The van der Waals surface area contributed by atoms with Gasteiger partial charge in [-0.15, -0.1) is 0 Å². The molecule has 1 aliphatic heterocycles. The highest BCUT2D eigenvalue weighted by Gasteiger charge is 2.16. The second-order valence-corrected chi connectivity index (χ2v) is 5.45. The smallest absolute Gasteiger partial charge is 0.280 e. The van der Waals surface area contributed by atoms with Crippen molar-refractivity contribution in [3.05, 3.63) is 47.2 Å². The predicted molar refractivity (Wildman–Crippen MR) is 82.0 cm³/mol. The largest absolute Gasteiger partial charge is 0.382 e. The number of carbonyl (C=O) groups is 1. The summed E-state index contributed by atoms with van der Waals surface area (Å²) in [7, 11) is 0. The van der Waals surface area contributed by atoms with Crippen LogP contribution in [-0.4, -0.2) is 33.7 Å². The topological polar surface area (TPSA) is 87.9 Å². The van der Waals surface area contributed by atoms with Crippen LogP contribution in [0.1, 0.15) is 34.3 Å². The highest BCUT2D eigenvalue weighted by molar-refractivity contribution is 5.97. The number of aromatic nitrogens is 2. The van der Waals surface area contributed by atoms with Crippen LogP contribution in [0.15, 0.2) is 30.5 Å². The maximum Gasteiger partial charge on any atom is 0.280 e. The molecule has 0 atom stereocenters. The molecule has 1 aliphatic rings. The van der Waals surface area contributed by atoms with E-state index in [1.54, 1.807) is 12.1 Å². The predicted octanol–water partition coefficient (Wildman–Crippen LogP) is 1.62. The average molecular weight is 295 g/mol. The molecule has 0 radical (unpaired) electrons. The molecular formula is C16H17N5O. The number of nitrogens with two attached hydrogens (primary N) is 1. The Balaban J connectivity index is 1.75. The Morgan fingerprint density at radius 3 is 2.55 bits per heavy atom. The summed E-state index contributed by atoms with van der Waals surface area (Å²) in [5.74, 6) is -0.250. The molecule has 0 amide bonds. The van der Waals surface area contributed by atoms with E-state index in [4.69, 9.17) is 11.0 Å². The van der Waals surface area contributed by atoms with Gasteiger partial charge < -0.3 is 5.73 Å². The second-order valence-electron chi connectivity index (χ2n) is 5.45. The molecule has 112 valence electrons. The van der Waals surface area contributed by atoms with Crippen LogP contribution >= 0.6 is 0 Å². The summed E-state index contributed by atoms with van der Waals surface area (Å²) in [4.78, 5) is 14.8. The molecule has 0 bridgehead atoms. The number of carbonyl (C=O) groups excluding carboxylic acids is 1. The molecule has 2 heterocycles. The van der Waals surface area contributed by atoms with Gasteiger partial charge in [0.25, 0.3) is 5.91 Å². The molecule has 0 saturated carbocycles. The zero-order valence-electron chi connectivity index (χ0n) is 12.2. The fourth-order valence-corrected chi connectivity index (χ4v) is 2.68. The van der Waals surface area contributed by atoms with Gasteiger partial charge >= 0.3 is 0 Å². The number of benzene rings is 1. The molecule has 3 rings (SSSR count). The van der Waals surface area contributed by atoms with Crippen molar-refractivity contribution < 1.29 is 4.79 Å². The lowest BCUT2D eigenvalue weighted by Gasteiger charge is -2.14. The highest BCUT2D eigenvalue weighted by atomic mass is 16.2. The van der Waals surface area contributed by atoms with Gasteiger partial charge in [-0.3, -0.25) is 9.69 Å². The summed E-state index contributed by atoms with van der Waals surface area (Å²) < 4.78 is 1.06. The van der Waals surface area contributed by atoms with Gasteiger partial charge in [-0.25, -0.2) is 0 Å². The van der Waals surface area contributed by atoms with Crippen LogP contribution < -0.4 is 5.73 Å². The molecule has 2 aromatic rings. The van der Waals surface area contributed by atoms with E-state index in [0.717, 1.165) is 24.3 Å². The first kappa shape index (κ1) is 14.3. The van der Waals surface area contributed by atoms with Crippen LogP contribution in [0.4, 0.5) is 5.82 Å². The van der Waals surface area contributed by atoms with Crippen LogP contribution in [0.3, 0.4) is 0 Å².